The summed E-state index contributed by atoms with van der Waals surface area (Å²) in [7, 11) is 0. The van der Waals surface area contributed by atoms with E-state index in [0.717, 1.165) is 6.42 Å². The molecule has 0 saturated heterocycles. The summed E-state index contributed by atoms with van der Waals surface area (Å²) < 4.78 is 0. The van der Waals surface area contributed by atoms with E-state index in [9.17, 15) is 5.11 Å². The van der Waals surface area contributed by atoms with Crippen LogP contribution in [0, 0.1) is 0 Å². The van der Waals surface area contributed by atoms with Gasteiger partial charge in [0, 0.05) is 5.92 Å². The smallest absolute Gasteiger partial charge is 0.0502 e. The van der Waals surface area contributed by atoms with Crippen LogP contribution in [0.3, 0.4) is 0 Å². The Bertz CT molecular complexity index is 697. The zero-order valence-electron chi connectivity index (χ0n) is 15.5. The van der Waals surface area contributed by atoms with E-state index in [0.29, 0.717) is 0 Å². The third-order valence-electron chi connectivity index (χ3n) is 5.89. The lowest BCUT2D eigenvalue weighted by Gasteiger charge is -2.42. The first kappa shape index (κ1) is 17.2. The standard InChI is InChI=1S/C23H30O/c1-22(2)12-13-23(3,4)21-15-18(10-11-20(21)22)19(16-24)14-17-8-6-5-7-9-17/h5-11,15,19,24H,12-14,16H2,1-4H3/t19-/m1/s1. The highest BCUT2D eigenvalue weighted by Gasteiger charge is 2.37. The fourth-order valence-electron chi connectivity index (χ4n) is 4.05. The number of hydrogen-bond donors (Lipinski definition) is 1. The Morgan fingerprint density at radius 1 is 0.875 bits per heavy atom. The van der Waals surface area contributed by atoms with Crippen LogP contribution in [0.2, 0.25) is 0 Å². The number of aliphatic hydroxyl groups excluding tert-OH is 1. The molecule has 0 amide bonds. The molecule has 1 N–H and O–H groups in total. The Morgan fingerprint density at radius 3 is 2.12 bits per heavy atom. The van der Waals surface area contributed by atoms with E-state index >= 15 is 0 Å². The molecule has 3 rings (SSSR count). The molecule has 1 atom stereocenters. The molecule has 1 nitrogen and oxygen atoms in total. The predicted molar refractivity (Wildman–Crippen MR) is 102 cm³/mol. The quantitative estimate of drug-likeness (QED) is 0.804. The second kappa shape index (κ2) is 6.37. The fourth-order valence-corrected chi connectivity index (χ4v) is 4.05. The third kappa shape index (κ3) is 3.28. The van der Waals surface area contributed by atoms with E-state index in [-0.39, 0.29) is 23.4 Å². The van der Waals surface area contributed by atoms with Crippen LogP contribution in [0.1, 0.15) is 68.7 Å². The Labute approximate surface area is 146 Å². The molecular weight excluding hydrogens is 292 g/mol. The van der Waals surface area contributed by atoms with Gasteiger partial charge in [-0.3, -0.25) is 0 Å². The first-order valence-electron chi connectivity index (χ1n) is 9.13. The molecule has 1 aliphatic rings. The van der Waals surface area contributed by atoms with Crippen molar-refractivity contribution in [1.29, 1.82) is 0 Å². The minimum Gasteiger partial charge on any atom is -0.396 e. The van der Waals surface area contributed by atoms with E-state index in [1.165, 1.54) is 35.1 Å². The molecule has 1 heteroatoms. The summed E-state index contributed by atoms with van der Waals surface area (Å²) in [6, 6.07) is 17.4. The van der Waals surface area contributed by atoms with Crippen LogP contribution in [0.15, 0.2) is 48.5 Å². The van der Waals surface area contributed by atoms with Gasteiger partial charge in [0.1, 0.15) is 0 Å². The summed E-state index contributed by atoms with van der Waals surface area (Å²) in [6.07, 6.45) is 3.35. The highest BCUT2D eigenvalue weighted by molar-refractivity contribution is 5.44. The summed E-state index contributed by atoms with van der Waals surface area (Å²) in [6.45, 7) is 9.62. The number of aliphatic hydroxyl groups is 1. The Morgan fingerprint density at radius 2 is 1.50 bits per heavy atom. The molecule has 0 bridgehead atoms. The van der Waals surface area contributed by atoms with Gasteiger partial charge in [0.25, 0.3) is 0 Å². The van der Waals surface area contributed by atoms with Crippen molar-refractivity contribution in [2.24, 2.45) is 0 Å². The molecule has 0 fully saturated rings. The summed E-state index contributed by atoms with van der Waals surface area (Å²) in [5.41, 5.74) is 5.98. The molecule has 1 aliphatic carbocycles. The second-order valence-corrected chi connectivity index (χ2v) is 8.64. The van der Waals surface area contributed by atoms with Crippen molar-refractivity contribution in [3.8, 4) is 0 Å². The van der Waals surface area contributed by atoms with Crippen LogP contribution in [-0.4, -0.2) is 11.7 Å². The van der Waals surface area contributed by atoms with E-state index < -0.39 is 0 Å². The van der Waals surface area contributed by atoms with Crippen LogP contribution < -0.4 is 0 Å². The van der Waals surface area contributed by atoms with Crippen LogP contribution in [0.5, 0.6) is 0 Å². The van der Waals surface area contributed by atoms with Crippen molar-refractivity contribution in [3.63, 3.8) is 0 Å². The van der Waals surface area contributed by atoms with Gasteiger partial charge in [-0.25, -0.2) is 0 Å². The maximum Gasteiger partial charge on any atom is 0.0502 e. The van der Waals surface area contributed by atoms with Gasteiger partial charge >= 0.3 is 0 Å². The van der Waals surface area contributed by atoms with Gasteiger partial charge in [-0.1, -0.05) is 76.2 Å². The van der Waals surface area contributed by atoms with E-state index in [1.54, 1.807) is 0 Å². The van der Waals surface area contributed by atoms with Crippen LogP contribution in [-0.2, 0) is 17.3 Å². The Balaban J connectivity index is 1.97. The lowest BCUT2D eigenvalue weighted by atomic mass is 9.62. The molecule has 0 aromatic heterocycles. The van der Waals surface area contributed by atoms with Gasteiger partial charge in [-0.05, 0) is 52.3 Å². The maximum absolute atomic E-state index is 9.98. The van der Waals surface area contributed by atoms with Gasteiger partial charge in [-0.15, -0.1) is 0 Å². The third-order valence-corrected chi connectivity index (χ3v) is 5.89. The average Bonchev–Trinajstić information content (AvgIpc) is 2.57. The molecule has 0 heterocycles. The molecule has 0 aliphatic heterocycles. The van der Waals surface area contributed by atoms with Crippen molar-refractivity contribution < 1.29 is 5.11 Å². The zero-order valence-corrected chi connectivity index (χ0v) is 15.5. The van der Waals surface area contributed by atoms with Crippen molar-refractivity contribution in [2.45, 2.75) is 63.7 Å². The molecule has 128 valence electrons. The largest absolute Gasteiger partial charge is 0.396 e. The zero-order chi connectivity index (χ0) is 17.4. The predicted octanol–water partition coefficient (Wildman–Crippen LogP) is 5.35. The van der Waals surface area contributed by atoms with Gasteiger partial charge < -0.3 is 5.11 Å². The second-order valence-electron chi connectivity index (χ2n) is 8.64. The highest BCUT2D eigenvalue weighted by atomic mass is 16.3. The Hall–Kier alpha value is -1.60. The SMILES string of the molecule is CC1(C)CCC(C)(C)c2cc([C@@H](CO)Cc3ccccc3)ccc21. The molecule has 0 saturated carbocycles. The summed E-state index contributed by atoms with van der Waals surface area (Å²) in [4.78, 5) is 0. The number of rotatable bonds is 4. The van der Waals surface area contributed by atoms with E-state index in [4.69, 9.17) is 0 Å². The molecule has 2 aromatic carbocycles. The van der Waals surface area contributed by atoms with Gasteiger partial charge in [0.15, 0.2) is 0 Å². The minimum absolute atomic E-state index is 0.165. The van der Waals surface area contributed by atoms with Crippen molar-refractivity contribution in [2.75, 3.05) is 6.61 Å². The highest BCUT2D eigenvalue weighted by Crippen LogP contribution is 2.46. The molecule has 0 radical (unpaired) electrons. The first-order valence-corrected chi connectivity index (χ1v) is 9.13. The van der Waals surface area contributed by atoms with Crippen molar-refractivity contribution in [3.05, 3.63) is 70.8 Å². The molecular formula is C23H30O. The lowest BCUT2D eigenvalue weighted by Crippen LogP contribution is -2.34. The van der Waals surface area contributed by atoms with Crippen molar-refractivity contribution >= 4 is 0 Å². The minimum atomic E-state index is 0.165. The van der Waals surface area contributed by atoms with Crippen molar-refractivity contribution in [1.82, 2.24) is 0 Å². The maximum atomic E-state index is 9.98. The van der Waals surface area contributed by atoms with E-state index in [1.807, 2.05) is 6.07 Å². The van der Waals surface area contributed by atoms with E-state index in [2.05, 4.69) is 70.2 Å². The normalized spacial score (nSPS) is 19.5. The molecule has 24 heavy (non-hydrogen) atoms. The number of hydrogen-bond acceptors (Lipinski definition) is 1. The summed E-state index contributed by atoms with van der Waals surface area (Å²) in [5, 5.41) is 9.98. The lowest BCUT2D eigenvalue weighted by molar-refractivity contribution is 0.264. The molecule has 0 spiro atoms. The van der Waals surface area contributed by atoms with Gasteiger partial charge in [-0.2, -0.15) is 0 Å². The van der Waals surface area contributed by atoms with Crippen LogP contribution in [0.25, 0.3) is 0 Å². The monoisotopic (exact) mass is 322 g/mol. The van der Waals surface area contributed by atoms with Crippen LogP contribution >= 0.6 is 0 Å². The topological polar surface area (TPSA) is 20.2 Å². The van der Waals surface area contributed by atoms with Crippen LogP contribution in [0.4, 0.5) is 0 Å². The molecule has 2 aromatic rings. The summed E-state index contributed by atoms with van der Waals surface area (Å²) >= 11 is 0. The number of benzene rings is 2. The fraction of sp³-hybridized carbons (Fsp3) is 0.478. The summed E-state index contributed by atoms with van der Waals surface area (Å²) in [5.74, 6) is 0.165. The Kier molecular flexibility index (Phi) is 4.57. The first-order chi connectivity index (χ1) is 11.3. The van der Waals surface area contributed by atoms with Gasteiger partial charge in [0.2, 0.25) is 0 Å². The number of fused-ring (bicyclic) bond motifs is 1. The average molecular weight is 322 g/mol. The van der Waals surface area contributed by atoms with Gasteiger partial charge in [0.05, 0.1) is 6.61 Å². The molecule has 0 unspecified atom stereocenters.